The van der Waals surface area contributed by atoms with Gasteiger partial charge in [-0.2, -0.15) is 0 Å². The second kappa shape index (κ2) is 2.50. The normalized spacial score (nSPS) is 28.5. The summed E-state index contributed by atoms with van der Waals surface area (Å²) in [5.41, 5.74) is 7.02. The zero-order chi connectivity index (χ0) is 7.84. The van der Waals surface area contributed by atoms with Crippen molar-refractivity contribution >= 4 is 11.6 Å². The number of nitrogens with two attached hydrogens (primary N) is 1. The lowest BCUT2D eigenvalue weighted by Crippen LogP contribution is -2.00. The van der Waals surface area contributed by atoms with E-state index in [-0.39, 0.29) is 0 Å². The Kier molecular flexibility index (Phi) is 1.63. The third-order valence-corrected chi connectivity index (χ3v) is 2.39. The Bertz CT molecular complexity index is 255. The molecule has 0 saturated heterocycles. The van der Waals surface area contributed by atoms with E-state index in [1.54, 1.807) is 0 Å². The first-order valence-corrected chi connectivity index (χ1v) is 4.16. The minimum atomic E-state index is 0.385. The van der Waals surface area contributed by atoms with E-state index >= 15 is 0 Å². The topological polar surface area (TPSA) is 26.0 Å². The van der Waals surface area contributed by atoms with Crippen molar-refractivity contribution in [2.24, 2.45) is 5.73 Å². The SMILES string of the molecule is NC1CC1c1ccc(Cl)cc1. The van der Waals surface area contributed by atoms with Gasteiger partial charge in [0.2, 0.25) is 0 Å². The molecule has 1 aromatic carbocycles. The molecule has 1 nitrogen and oxygen atoms in total. The number of halogens is 1. The van der Waals surface area contributed by atoms with Gasteiger partial charge in [-0.3, -0.25) is 0 Å². The zero-order valence-electron chi connectivity index (χ0n) is 6.13. The molecule has 0 aliphatic heterocycles. The van der Waals surface area contributed by atoms with Gasteiger partial charge < -0.3 is 5.73 Å². The Hall–Kier alpha value is -0.530. The predicted octanol–water partition coefficient (Wildman–Crippen LogP) is 2.15. The van der Waals surface area contributed by atoms with Gasteiger partial charge in [-0.25, -0.2) is 0 Å². The second-order valence-electron chi connectivity index (χ2n) is 3.06. The minimum absolute atomic E-state index is 0.385. The third-order valence-electron chi connectivity index (χ3n) is 2.14. The Morgan fingerprint density at radius 3 is 2.27 bits per heavy atom. The van der Waals surface area contributed by atoms with Crippen LogP contribution in [0.4, 0.5) is 0 Å². The summed E-state index contributed by atoms with van der Waals surface area (Å²) in [6.07, 6.45) is 1.13. The molecule has 2 unspecified atom stereocenters. The van der Waals surface area contributed by atoms with Crippen LogP contribution in [0.1, 0.15) is 17.9 Å². The molecule has 2 heteroatoms. The van der Waals surface area contributed by atoms with Gasteiger partial charge in [0.05, 0.1) is 0 Å². The average Bonchev–Trinajstić information content (AvgIpc) is 2.69. The quantitative estimate of drug-likeness (QED) is 0.682. The van der Waals surface area contributed by atoms with Gasteiger partial charge in [-0.05, 0) is 24.1 Å². The first kappa shape index (κ1) is 7.14. The summed E-state index contributed by atoms with van der Waals surface area (Å²) in [5, 5.41) is 0.794. The molecule has 1 aromatic rings. The Balaban J connectivity index is 2.21. The highest BCUT2D eigenvalue weighted by atomic mass is 35.5. The van der Waals surface area contributed by atoms with E-state index in [4.69, 9.17) is 17.3 Å². The van der Waals surface area contributed by atoms with E-state index in [0.29, 0.717) is 12.0 Å². The monoisotopic (exact) mass is 167 g/mol. The van der Waals surface area contributed by atoms with Crippen molar-refractivity contribution < 1.29 is 0 Å². The van der Waals surface area contributed by atoms with Gasteiger partial charge >= 0.3 is 0 Å². The first-order valence-electron chi connectivity index (χ1n) is 3.78. The summed E-state index contributed by atoms with van der Waals surface area (Å²) in [6, 6.07) is 8.33. The maximum absolute atomic E-state index is 5.74. The molecule has 0 aromatic heterocycles. The lowest BCUT2D eigenvalue weighted by molar-refractivity contribution is 0.991. The predicted molar refractivity (Wildman–Crippen MR) is 46.8 cm³/mol. The van der Waals surface area contributed by atoms with Crippen LogP contribution in [-0.2, 0) is 0 Å². The Labute approximate surface area is 71.2 Å². The highest BCUT2D eigenvalue weighted by Crippen LogP contribution is 2.38. The lowest BCUT2D eigenvalue weighted by Gasteiger charge is -1.96. The van der Waals surface area contributed by atoms with E-state index in [9.17, 15) is 0 Å². The smallest absolute Gasteiger partial charge is 0.0406 e. The molecule has 11 heavy (non-hydrogen) atoms. The number of rotatable bonds is 1. The van der Waals surface area contributed by atoms with Gasteiger partial charge in [0, 0.05) is 17.0 Å². The molecule has 1 aliphatic carbocycles. The van der Waals surface area contributed by atoms with Crippen LogP contribution in [0.15, 0.2) is 24.3 Å². The molecule has 2 atom stereocenters. The maximum atomic E-state index is 5.74. The van der Waals surface area contributed by atoms with Gasteiger partial charge in [0.25, 0.3) is 0 Å². The average molecular weight is 168 g/mol. The van der Waals surface area contributed by atoms with Crippen molar-refractivity contribution in [3.63, 3.8) is 0 Å². The fourth-order valence-electron chi connectivity index (χ4n) is 1.31. The first-order chi connectivity index (χ1) is 5.27. The van der Waals surface area contributed by atoms with Crippen molar-refractivity contribution in [3.05, 3.63) is 34.9 Å². The molecule has 0 amide bonds. The molecule has 0 radical (unpaired) electrons. The summed E-state index contributed by atoms with van der Waals surface area (Å²) < 4.78 is 0. The molecule has 2 N–H and O–H groups in total. The molecular formula is C9H10ClN. The van der Waals surface area contributed by atoms with E-state index in [0.717, 1.165) is 11.4 Å². The number of benzene rings is 1. The summed E-state index contributed by atoms with van der Waals surface area (Å²) in [5.74, 6) is 0.590. The van der Waals surface area contributed by atoms with Crippen LogP contribution < -0.4 is 5.73 Å². The summed E-state index contributed by atoms with van der Waals surface area (Å²) in [6.45, 7) is 0. The maximum Gasteiger partial charge on any atom is 0.0406 e. The highest BCUT2D eigenvalue weighted by molar-refractivity contribution is 6.30. The van der Waals surface area contributed by atoms with Crippen LogP contribution in [0.2, 0.25) is 5.02 Å². The molecule has 1 aliphatic rings. The molecule has 0 spiro atoms. The summed E-state index contributed by atoms with van der Waals surface area (Å²) in [7, 11) is 0. The zero-order valence-corrected chi connectivity index (χ0v) is 6.88. The standard InChI is InChI=1S/C9H10ClN/c10-7-3-1-6(2-4-7)8-5-9(8)11/h1-4,8-9H,5,11H2. The van der Waals surface area contributed by atoms with Gasteiger partial charge in [-0.15, -0.1) is 0 Å². The molecule has 2 rings (SSSR count). The second-order valence-corrected chi connectivity index (χ2v) is 3.49. The molecule has 58 valence electrons. The van der Waals surface area contributed by atoms with E-state index in [1.807, 2.05) is 12.1 Å². The van der Waals surface area contributed by atoms with Crippen LogP contribution >= 0.6 is 11.6 Å². The molecule has 0 bridgehead atoms. The van der Waals surface area contributed by atoms with Crippen molar-refractivity contribution in [1.29, 1.82) is 0 Å². The summed E-state index contributed by atoms with van der Waals surface area (Å²) in [4.78, 5) is 0. The van der Waals surface area contributed by atoms with Crippen LogP contribution in [0.25, 0.3) is 0 Å². The van der Waals surface area contributed by atoms with Gasteiger partial charge in [0.1, 0.15) is 0 Å². The third kappa shape index (κ3) is 1.39. The molecule has 1 fully saturated rings. The molecule has 0 heterocycles. The van der Waals surface area contributed by atoms with Crippen LogP contribution in [0.3, 0.4) is 0 Å². The van der Waals surface area contributed by atoms with Crippen LogP contribution in [0.5, 0.6) is 0 Å². The van der Waals surface area contributed by atoms with Crippen molar-refractivity contribution in [2.75, 3.05) is 0 Å². The van der Waals surface area contributed by atoms with E-state index < -0.39 is 0 Å². The van der Waals surface area contributed by atoms with Crippen molar-refractivity contribution in [3.8, 4) is 0 Å². The van der Waals surface area contributed by atoms with Crippen LogP contribution in [-0.4, -0.2) is 6.04 Å². The minimum Gasteiger partial charge on any atom is -0.327 e. The van der Waals surface area contributed by atoms with Gasteiger partial charge in [-0.1, -0.05) is 23.7 Å². The summed E-state index contributed by atoms with van der Waals surface area (Å²) >= 11 is 5.74. The van der Waals surface area contributed by atoms with E-state index in [2.05, 4.69) is 12.1 Å². The van der Waals surface area contributed by atoms with Gasteiger partial charge in [0.15, 0.2) is 0 Å². The van der Waals surface area contributed by atoms with Crippen molar-refractivity contribution in [1.82, 2.24) is 0 Å². The number of hydrogen-bond donors (Lipinski definition) is 1. The fourth-order valence-corrected chi connectivity index (χ4v) is 1.43. The fraction of sp³-hybridized carbons (Fsp3) is 0.333. The van der Waals surface area contributed by atoms with Crippen molar-refractivity contribution in [2.45, 2.75) is 18.4 Å². The number of hydrogen-bond acceptors (Lipinski definition) is 1. The molecule has 1 saturated carbocycles. The van der Waals surface area contributed by atoms with Crippen LogP contribution in [0, 0.1) is 0 Å². The largest absolute Gasteiger partial charge is 0.327 e. The Morgan fingerprint density at radius 2 is 1.82 bits per heavy atom. The highest BCUT2D eigenvalue weighted by Gasteiger charge is 2.34. The molecular weight excluding hydrogens is 158 g/mol. The lowest BCUT2D eigenvalue weighted by atomic mass is 10.1. The Morgan fingerprint density at radius 1 is 1.27 bits per heavy atom. The van der Waals surface area contributed by atoms with E-state index in [1.165, 1.54) is 5.56 Å².